The van der Waals surface area contributed by atoms with Gasteiger partial charge in [0, 0.05) is 11.3 Å². The van der Waals surface area contributed by atoms with Gasteiger partial charge in [-0.05, 0) is 48.6 Å². The highest BCUT2D eigenvalue weighted by Gasteiger charge is 2.26. The smallest absolute Gasteiger partial charge is 0.141 e. The van der Waals surface area contributed by atoms with Crippen LogP contribution in [0.4, 0.5) is 10.1 Å². The van der Waals surface area contributed by atoms with Crippen LogP contribution in [0.3, 0.4) is 0 Å². The van der Waals surface area contributed by atoms with Gasteiger partial charge in [-0.25, -0.2) is 4.39 Å². The van der Waals surface area contributed by atoms with Gasteiger partial charge in [0.25, 0.3) is 0 Å². The van der Waals surface area contributed by atoms with Crippen molar-refractivity contribution in [3.8, 4) is 11.3 Å². The van der Waals surface area contributed by atoms with Gasteiger partial charge in [0.1, 0.15) is 5.82 Å². The fourth-order valence-electron chi connectivity index (χ4n) is 2.08. The lowest BCUT2D eigenvalue weighted by molar-refractivity contribution is 0.622. The van der Waals surface area contributed by atoms with Crippen molar-refractivity contribution in [2.24, 2.45) is 0 Å². The number of anilines is 1. The summed E-state index contributed by atoms with van der Waals surface area (Å²) in [6, 6.07) is 9.04. The van der Waals surface area contributed by atoms with Crippen LogP contribution in [-0.4, -0.2) is 4.98 Å². The molecule has 3 heteroatoms. The Labute approximate surface area is 99.3 Å². The lowest BCUT2D eigenvalue weighted by atomic mass is 9.99. The Kier molecular flexibility index (Phi) is 2.32. The van der Waals surface area contributed by atoms with E-state index in [1.165, 1.54) is 30.7 Å². The summed E-state index contributed by atoms with van der Waals surface area (Å²) in [4.78, 5) is 4.13. The Bertz CT molecular complexity index is 545. The molecule has 0 amide bonds. The maximum Gasteiger partial charge on any atom is 0.141 e. The van der Waals surface area contributed by atoms with Crippen LogP contribution in [0.15, 0.2) is 36.5 Å². The first-order chi connectivity index (χ1) is 8.24. The molecule has 0 radical (unpaired) electrons. The monoisotopic (exact) mass is 228 g/mol. The highest BCUT2D eigenvalue weighted by Crippen LogP contribution is 2.44. The normalized spacial score (nSPS) is 14.9. The molecule has 2 nitrogen and oxygen atoms in total. The third kappa shape index (κ3) is 2.00. The molecule has 0 aliphatic heterocycles. The average Bonchev–Trinajstić information content (AvgIpc) is 3.14. The molecule has 1 aromatic carbocycles. The molecule has 86 valence electrons. The summed E-state index contributed by atoms with van der Waals surface area (Å²) in [6.45, 7) is 0. The minimum atomic E-state index is -0.314. The van der Waals surface area contributed by atoms with Crippen LogP contribution in [0, 0.1) is 5.82 Å². The fraction of sp³-hybridized carbons (Fsp3) is 0.214. The van der Waals surface area contributed by atoms with Crippen LogP contribution >= 0.6 is 0 Å². The second-order valence-electron chi connectivity index (χ2n) is 4.48. The number of nitrogens with zero attached hydrogens (tertiary/aromatic N) is 1. The molecule has 1 aromatic heterocycles. The minimum Gasteiger partial charge on any atom is -0.399 e. The van der Waals surface area contributed by atoms with Crippen molar-refractivity contribution in [3.05, 3.63) is 47.9 Å². The summed E-state index contributed by atoms with van der Waals surface area (Å²) in [5.41, 5.74) is 9.63. The van der Waals surface area contributed by atoms with E-state index in [0.29, 0.717) is 5.92 Å². The first-order valence-corrected chi connectivity index (χ1v) is 5.75. The van der Waals surface area contributed by atoms with E-state index in [2.05, 4.69) is 11.1 Å². The first-order valence-electron chi connectivity index (χ1n) is 5.75. The molecule has 2 N–H and O–H groups in total. The van der Waals surface area contributed by atoms with E-state index in [9.17, 15) is 4.39 Å². The molecule has 17 heavy (non-hydrogen) atoms. The van der Waals surface area contributed by atoms with Gasteiger partial charge in [0.05, 0.1) is 11.9 Å². The van der Waals surface area contributed by atoms with E-state index < -0.39 is 0 Å². The number of halogens is 1. The highest BCUT2D eigenvalue weighted by atomic mass is 19.1. The molecule has 2 aromatic rings. The van der Waals surface area contributed by atoms with Crippen molar-refractivity contribution in [1.29, 1.82) is 0 Å². The number of pyridine rings is 1. The van der Waals surface area contributed by atoms with Crippen LogP contribution < -0.4 is 5.73 Å². The van der Waals surface area contributed by atoms with Gasteiger partial charge < -0.3 is 5.73 Å². The SMILES string of the molecule is Nc1ccc(C2CC2)c(-c2ccc(F)cn2)c1. The Balaban J connectivity index is 2.11. The Hall–Kier alpha value is -1.90. The third-order valence-electron chi connectivity index (χ3n) is 3.10. The number of nitrogens with two attached hydrogens (primary N) is 1. The van der Waals surface area contributed by atoms with E-state index in [0.717, 1.165) is 16.9 Å². The number of aromatic nitrogens is 1. The Morgan fingerprint density at radius 2 is 2.00 bits per heavy atom. The van der Waals surface area contributed by atoms with E-state index in [-0.39, 0.29) is 5.82 Å². The van der Waals surface area contributed by atoms with Crippen molar-refractivity contribution in [2.45, 2.75) is 18.8 Å². The van der Waals surface area contributed by atoms with Crippen LogP contribution in [0.2, 0.25) is 0 Å². The van der Waals surface area contributed by atoms with Gasteiger partial charge in [-0.15, -0.1) is 0 Å². The molecule has 0 saturated heterocycles. The summed E-state index contributed by atoms with van der Waals surface area (Å²) >= 11 is 0. The van der Waals surface area contributed by atoms with Crippen molar-refractivity contribution in [1.82, 2.24) is 4.98 Å². The van der Waals surface area contributed by atoms with Crippen LogP contribution in [0.25, 0.3) is 11.3 Å². The fourth-order valence-corrected chi connectivity index (χ4v) is 2.08. The Morgan fingerprint density at radius 3 is 2.65 bits per heavy atom. The number of benzene rings is 1. The summed E-state index contributed by atoms with van der Waals surface area (Å²) in [6.07, 6.45) is 3.69. The molecule has 1 aliphatic carbocycles. The predicted molar refractivity (Wildman–Crippen MR) is 66.0 cm³/mol. The van der Waals surface area contributed by atoms with Gasteiger partial charge in [-0.2, -0.15) is 0 Å². The van der Waals surface area contributed by atoms with Gasteiger partial charge >= 0.3 is 0 Å². The molecule has 1 saturated carbocycles. The van der Waals surface area contributed by atoms with E-state index in [1.807, 2.05) is 12.1 Å². The number of hydrogen-bond donors (Lipinski definition) is 1. The Morgan fingerprint density at radius 1 is 1.18 bits per heavy atom. The molecule has 0 atom stereocenters. The molecular formula is C14H13FN2. The predicted octanol–water partition coefficient (Wildman–Crippen LogP) is 3.35. The first kappa shape index (κ1) is 10.3. The number of hydrogen-bond acceptors (Lipinski definition) is 2. The molecule has 3 rings (SSSR count). The standard InChI is InChI=1S/C14H13FN2/c15-10-3-6-14(17-8-10)13-7-11(16)4-5-12(13)9-1-2-9/h3-9H,1-2,16H2. The molecule has 1 heterocycles. The van der Waals surface area contributed by atoms with Crippen molar-refractivity contribution < 1.29 is 4.39 Å². The molecule has 0 bridgehead atoms. The average molecular weight is 228 g/mol. The van der Waals surface area contributed by atoms with Crippen molar-refractivity contribution >= 4 is 5.69 Å². The summed E-state index contributed by atoms with van der Waals surface area (Å²) in [5, 5.41) is 0. The second-order valence-corrected chi connectivity index (χ2v) is 4.48. The van der Waals surface area contributed by atoms with Crippen molar-refractivity contribution in [3.63, 3.8) is 0 Å². The second kappa shape index (κ2) is 3.84. The zero-order valence-corrected chi connectivity index (χ0v) is 9.36. The molecule has 1 fully saturated rings. The molecule has 0 unspecified atom stereocenters. The summed E-state index contributed by atoms with van der Waals surface area (Å²) in [5.74, 6) is 0.308. The summed E-state index contributed by atoms with van der Waals surface area (Å²) in [7, 11) is 0. The van der Waals surface area contributed by atoms with E-state index >= 15 is 0 Å². The maximum atomic E-state index is 12.9. The topological polar surface area (TPSA) is 38.9 Å². The zero-order valence-electron chi connectivity index (χ0n) is 9.36. The maximum absolute atomic E-state index is 12.9. The molecule has 1 aliphatic rings. The highest BCUT2D eigenvalue weighted by molar-refractivity contribution is 5.69. The quantitative estimate of drug-likeness (QED) is 0.800. The largest absolute Gasteiger partial charge is 0.399 e. The van der Waals surface area contributed by atoms with Crippen LogP contribution in [0.1, 0.15) is 24.3 Å². The molecular weight excluding hydrogens is 215 g/mol. The lowest BCUT2D eigenvalue weighted by Gasteiger charge is -2.09. The summed E-state index contributed by atoms with van der Waals surface area (Å²) < 4.78 is 12.9. The molecule has 0 spiro atoms. The van der Waals surface area contributed by atoms with Crippen molar-refractivity contribution in [2.75, 3.05) is 5.73 Å². The van der Waals surface area contributed by atoms with E-state index in [4.69, 9.17) is 5.73 Å². The van der Waals surface area contributed by atoms with E-state index in [1.54, 1.807) is 6.07 Å². The zero-order chi connectivity index (χ0) is 11.8. The van der Waals surface area contributed by atoms with Crippen LogP contribution in [-0.2, 0) is 0 Å². The van der Waals surface area contributed by atoms with Gasteiger partial charge in [-0.3, -0.25) is 4.98 Å². The minimum absolute atomic E-state index is 0.314. The van der Waals surface area contributed by atoms with Gasteiger partial charge in [0.15, 0.2) is 0 Å². The number of rotatable bonds is 2. The van der Waals surface area contributed by atoms with Gasteiger partial charge in [0.2, 0.25) is 0 Å². The third-order valence-corrected chi connectivity index (χ3v) is 3.10. The number of nitrogen functional groups attached to an aromatic ring is 1. The van der Waals surface area contributed by atoms with Crippen LogP contribution in [0.5, 0.6) is 0 Å². The lowest BCUT2D eigenvalue weighted by Crippen LogP contribution is -1.93. The van der Waals surface area contributed by atoms with Gasteiger partial charge in [-0.1, -0.05) is 6.07 Å².